The molecule has 22 heavy (non-hydrogen) atoms. The minimum atomic E-state index is -0.138. The molecule has 0 saturated heterocycles. The maximum absolute atomic E-state index is 12.0. The van der Waals surface area contributed by atoms with Crippen LogP contribution in [0, 0.1) is 13.8 Å². The summed E-state index contributed by atoms with van der Waals surface area (Å²) in [7, 11) is 0. The summed E-state index contributed by atoms with van der Waals surface area (Å²) in [5, 5.41) is 7.15. The van der Waals surface area contributed by atoms with Crippen LogP contribution < -0.4 is 10.6 Å². The third-order valence-electron chi connectivity index (χ3n) is 3.26. The first-order valence-corrected chi connectivity index (χ1v) is 7.73. The normalized spacial score (nSPS) is 10.5. The van der Waals surface area contributed by atoms with Gasteiger partial charge in [-0.15, -0.1) is 0 Å². The minimum absolute atomic E-state index is 0.138. The van der Waals surface area contributed by atoms with E-state index < -0.39 is 0 Å². The molecule has 0 aromatic heterocycles. The van der Waals surface area contributed by atoms with Gasteiger partial charge in [-0.1, -0.05) is 47.5 Å². The lowest BCUT2D eigenvalue weighted by Gasteiger charge is -2.12. The predicted octanol–water partition coefficient (Wildman–Crippen LogP) is 4.34. The number of rotatable bonds is 5. The van der Waals surface area contributed by atoms with E-state index in [0.717, 1.165) is 16.7 Å². The van der Waals surface area contributed by atoms with E-state index >= 15 is 0 Å². The standard InChI is InChI=1S/C17H18Cl2N2O/c1-11-7-12(2)17(15(19)8-11)21-16(22)10-20-9-13-5-3-4-6-14(13)18/h3-8,20H,9-10H2,1-2H3,(H,21,22). The third-order valence-corrected chi connectivity index (χ3v) is 3.92. The van der Waals surface area contributed by atoms with Gasteiger partial charge in [-0.3, -0.25) is 4.79 Å². The van der Waals surface area contributed by atoms with Gasteiger partial charge in [-0.05, 0) is 42.7 Å². The number of halogens is 2. The van der Waals surface area contributed by atoms with Crippen molar-refractivity contribution in [2.75, 3.05) is 11.9 Å². The van der Waals surface area contributed by atoms with Gasteiger partial charge in [0.05, 0.1) is 17.3 Å². The third kappa shape index (κ3) is 4.47. The molecule has 2 aromatic rings. The van der Waals surface area contributed by atoms with E-state index in [1.165, 1.54) is 0 Å². The molecule has 0 saturated carbocycles. The average Bonchev–Trinajstić information content (AvgIpc) is 2.45. The van der Waals surface area contributed by atoms with Gasteiger partial charge in [-0.25, -0.2) is 0 Å². The lowest BCUT2D eigenvalue weighted by atomic mass is 10.1. The van der Waals surface area contributed by atoms with Crippen molar-refractivity contribution in [3.63, 3.8) is 0 Å². The molecule has 0 bridgehead atoms. The number of carbonyl (C=O) groups is 1. The average molecular weight is 337 g/mol. The molecule has 0 aliphatic rings. The Labute approximate surface area is 140 Å². The Morgan fingerprint density at radius 2 is 1.82 bits per heavy atom. The van der Waals surface area contributed by atoms with Crippen LogP contribution in [-0.4, -0.2) is 12.5 Å². The topological polar surface area (TPSA) is 41.1 Å². The van der Waals surface area contributed by atoms with E-state index in [-0.39, 0.29) is 12.5 Å². The summed E-state index contributed by atoms with van der Waals surface area (Å²) in [4.78, 5) is 12.0. The Morgan fingerprint density at radius 3 is 2.50 bits per heavy atom. The van der Waals surface area contributed by atoms with Crippen LogP contribution in [-0.2, 0) is 11.3 Å². The molecule has 5 heteroatoms. The fourth-order valence-electron chi connectivity index (χ4n) is 2.21. The SMILES string of the molecule is Cc1cc(C)c(NC(=O)CNCc2ccccc2Cl)c(Cl)c1. The Balaban J connectivity index is 1.90. The molecular formula is C17H18Cl2N2O. The number of nitrogens with one attached hydrogen (secondary N) is 2. The smallest absolute Gasteiger partial charge is 0.238 e. The summed E-state index contributed by atoms with van der Waals surface area (Å²) in [5.74, 6) is -0.138. The predicted molar refractivity (Wildman–Crippen MR) is 92.7 cm³/mol. The van der Waals surface area contributed by atoms with Crippen LogP contribution in [0.2, 0.25) is 10.0 Å². The molecule has 0 aliphatic carbocycles. The molecule has 2 rings (SSSR count). The number of aryl methyl sites for hydroxylation is 2. The molecule has 0 heterocycles. The number of hydrogen-bond donors (Lipinski definition) is 2. The van der Waals surface area contributed by atoms with Gasteiger partial charge in [0.2, 0.25) is 5.91 Å². The molecular weight excluding hydrogens is 319 g/mol. The van der Waals surface area contributed by atoms with Crippen LogP contribution >= 0.6 is 23.2 Å². The van der Waals surface area contributed by atoms with Gasteiger partial charge in [0.1, 0.15) is 0 Å². The van der Waals surface area contributed by atoms with Gasteiger partial charge in [0.25, 0.3) is 0 Å². The van der Waals surface area contributed by atoms with Crippen molar-refractivity contribution in [2.24, 2.45) is 0 Å². The summed E-state index contributed by atoms with van der Waals surface area (Å²) in [6.07, 6.45) is 0. The molecule has 0 spiro atoms. The summed E-state index contributed by atoms with van der Waals surface area (Å²) >= 11 is 12.2. The van der Waals surface area contributed by atoms with E-state index in [1.54, 1.807) is 0 Å². The van der Waals surface area contributed by atoms with E-state index in [4.69, 9.17) is 23.2 Å². The molecule has 2 N–H and O–H groups in total. The lowest BCUT2D eigenvalue weighted by molar-refractivity contribution is -0.115. The highest BCUT2D eigenvalue weighted by Gasteiger charge is 2.09. The maximum atomic E-state index is 12.0. The number of anilines is 1. The van der Waals surface area contributed by atoms with E-state index in [2.05, 4.69) is 10.6 Å². The van der Waals surface area contributed by atoms with Crippen molar-refractivity contribution in [3.05, 3.63) is 63.1 Å². The zero-order valence-electron chi connectivity index (χ0n) is 12.5. The van der Waals surface area contributed by atoms with Crippen molar-refractivity contribution in [3.8, 4) is 0 Å². The molecule has 1 amide bonds. The highest BCUT2D eigenvalue weighted by atomic mass is 35.5. The Kier molecular flexibility index (Phi) is 5.83. The first-order valence-electron chi connectivity index (χ1n) is 6.98. The molecule has 3 nitrogen and oxygen atoms in total. The number of carbonyl (C=O) groups excluding carboxylic acids is 1. The summed E-state index contributed by atoms with van der Waals surface area (Å²) in [6.45, 7) is 4.61. The van der Waals surface area contributed by atoms with Crippen LogP contribution in [0.1, 0.15) is 16.7 Å². The fourth-order valence-corrected chi connectivity index (χ4v) is 2.78. The van der Waals surface area contributed by atoms with Gasteiger partial charge >= 0.3 is 0 Å². The van der Waals surface area contributed by atoms with E-state index in [9.17, 15) is 4.79 Å². The fraction of sp³-hybridized carbons (Fsp3) is 0.235. The van der Waals surface area contributed by atoms with Crippen molar-refractivity contribution >= 4 is 34.8 Å². The van der Waals surface area contributed by atoms with Crippen molar-refractivity contribution in [2.45, 2.75) is 20.4 Å². The first kappa shape index (κ1) is 16.8. The zero-order chi connectivity index (χ0) is 16.1. The van der Waals surface area contributed by atoms with E-state index in [0.29, 0.717) is 22.3 Å². The Bertz CT molecular complexity index is 663. The molecule has 2 aromatic carbocycles. The van der Waals surface area contributed by atoms with Crippen LogP contribution in [0.4, 0.5) is 5.69 Å². The van der Waals surface area contributed by atoms with Gasteiger partial charge in [0.15, 0.2) is 0 Å². The largest absolute Gasteiger partial charge is 0.323 e. The lowest BCUT2D eigenvalue weighted by Crippen LogP contribution is -2.28. The van der Waals surface area contributed by atoms with Crippen LogP contribution in [0.5, 0.6) is 0 Å². The van der Waals surface area contributed by atoms with Crippen LogP contribution in [0.25, 0.3) is 0 Å². The molecule has 0 aliphatic heterocycles. The number of amides is 1. The molecule has 0 atom stereocenters. The Hall–Kier alpha value is -1.55. The number of hydrogen-bond acceptors (Lipinski definition) is 2. The second-order valence-electron chi connectivity index (χ2n) is 5.18. The number of benzene rings is 2. The Morgan fingerprint density at radius 1 is 1.09 bits per heavy atom. The quantitative estimate of drug-likeness (QED) is 0.852. The summed E-state index contributed by atoms with van der Waals surface area (Å²) in [5.41, 5.74) is 3.64. The van der Waals surface area contributed by atoms with Gasteiger partial charge < -0.3 is 10.6 Å². The van der Waals surface area contributed by atoms with Crippen molar-refractivity contribution in [1.29, 1.82) is 0 Å². The minimum Gasteiger partial charge on any atom is -0.323 e. The zero-order valence-corrected chi connectivity index (χ0v) is 14.1. The molecule has 0 radical (unpaired) electrons. The van der Waals surface area contributed by atoms with Crippen molar-refractivity contribution < 1.29 is 4.79 Å². The van der Waals surface area contributed by atoms with Crippen LogP contribution in [0.3, 0.4) is 0 Å². The maximum Gasteiger partial charge on any atom is 0.238 e. The summed E-state index contributed by atoms with van der Waals surface area (Å²) < 4.78 is 0. The monoisotopic (exact) mass is 336 g/mol. The first-order chi connectivity index (χ1) is 10.5. The van der Waals surface area contributed by atoms with Gasteiger partial charge in [-0.2, -0.15) is 0 Å². The molecule has 116 valence electrons. The van der Waals surface area contributed by atoms with Gasteiger partial charge in [0, 0.05) is 11.6 Å². The summed E-state index contributed by atoms with van der Waals surface area (Å²) in [6, 6.07) is 11.4. The molecule has 0 fully saturated rings. The highest BCUT2D eigenvalue weighted by Crippen LogP contribution is 2.27. The van der Waals surface area contributed by atoms with E-state index in [1.807, 2.05) is 50.2 Å². The second kappa shape index (κ2) is 7.63. The second-order valence-corrected chi connectivity index (χ2v) is 6.00. The molecule has 0 unspecified atom stereocenters. The highest BCUT2D eigenvalue weighted by molar-refractivity contribution is 6.34. The van der Waals surface area contributed by atoms with Crippen molar-refractivity contribution in [1.82, 2.24) is 5.32 Å². The van der Waals surface area contributed by atoms with Crippen LogP contribution in [0.15, 0.2) is 36.4 Å².